The second-order valence-corrected chi connectivity index (χ2v) is 11.7. The van der Waals surface area contributed by atoms with E-state index in [1.807, 2.05) is 19.9 Å². The maximum absolute atomic E-state index is 14.1. The van der Waals surface area contributed by atoms with Crippen LogP contribution in [0.15, 0.2) is 64.3 Å². The molecular weight excluding hydrogens is 531 g/mol. The number of ether oxygens (including phenoxy) is 1. The molecule has 0 aliphatic carbocycles. The van der Waals surface area contributed by atoms with E-state index in [1.165, 1.54) is 18.2 Å². The van der Waals surface area contributed by atoms with Crippen molar-refractivity contribution in [1.29, 1.82) is 5.26 Å². The summed E-state index contributed by atoms with van der Waals surface area (Å²) in [6, 6.07) is 16.7. The molecule has 40 heavy (non-hydrogen) atoms. The highest BCUT2D eigenvalue weighted by molar-refractivity contribution is 7.86. The summed E-state index contributed by atoms with van der Waals surface area (Å²) in [6.45, 7) is 5.35. The normalized spacial score (nSPS) is 14.8. The van der Waals surface area contributed by atoms with Crippen molar-refractivity contribution >= 4 is 43.1 Å². The minimum absolute atomic E-state index is 0.0672. The first-order valence-electron chi connectivity index (χ1n) is 13.2. The van der Waals surface area contributed by atoms with Crippen LogP contribution in [0.25, 0.3) is 44.0 Å². The van der Waals surface area contributed by atoms with Crippen molar-refractivity contribution in [2.24, 2.45) is 0 Å². The number of rotatable bonds is 5. The first kappa shape index (κ1) is 26.0. The first-order chi connectivity index (χ1) is 19.2. The number of aromatic amines is 1. The molecule has 3 aromatic carbocycles. The van der Waals surface area contributed by atoms with E-state index in [0.717, 1.165) is 31.3 Å². The smallest absolute Gasteiger partial charge is 0.332 e. The van der Waals surface area contributed by atoms with Crippen LogP contribution in [-0.2, 0) is 10.2 Å². The summed E-state index contributed by atoms with van der Waals surface area (Å²) in [6.07, 6.45) is 1.43. The SMILES string of the molecule is CC(C)Oc1cc2c(=O)c3c4ccc(C#N)cc4[nH]c3n(C3CCNCC3)c2cc1-c1cccc(S(=O)(=O)F)c1. The Labute approximate surface area is 230 Å². The Morgan fingerprint density at radius 3 is 2.55 bits per heavy atom. The lowest BCUT2D eigenvalue weighted by Crippen LogP contribution is -2.30. The third-order valence-electron chi connectivity index (χ3n) is 7.44. The Morgan fingerprint density at radius 2 is 1.85 bits per heavy atom. The number of piperidine rings is 1. The Hall–Kier alpha value is -4.20. The molecule has 6 rings (SSSR count). The van der Waals surface area contributed by atoms with Gasteiger partial charge in [-0.2, -0.15) is 13.7 Å². The monoisotopic (exact) mass is 558 g/mol. The van der Waals surface area contributed by atoms with Gasteiger partial charge in [0.05, 0.1) is 38.9 Å². The van der Waals surface area contributed by atoms with E-state index in [-0.39, 0.29) is 17.6 Å². The van der Waals surface area contributed by atoms with Gasteiger partial charge in [0.15, 0.2) is 5.43 Å². The van der Waals surface area contributed by atoms with Gasteiger partial charge < -0.3 is 19.6 Å². The molecule has 5 aromatic rings. The van der Waals surface area contributed by atoms with Crippen LogP contribution in [0.1, 0.15) is 38.3 Å². The molecule has 0 radical (unpaired) electrons. The van der Waals surface area contributed by atoms with Crippen LogP contribution in [0.3, 0.4) is 0 Å². The van der Waals surface area contributed by atoms with Gasteiger partial charge in [-0.05, 0) is 81.7 Å². The molecule has 0 atom stereocenters. The molecule has 1 saturated heterocycles. The molecule has 204 valence electrons. The second-order valence-electron chi connectivity index (χ2n) is 10.4. The van der Waals surface area contributed by atoms with E-state index in [2.05, 4.69) is 20.9 Å². The fraction of sp³-hybridized carbons (Fsp3) is 0.267. The molecule has 1 fully saturated rings. The van der Waals surface area contributed by atoms with Crippen molar-refractivity contribution < 1.29 is 17.0 Å². The van der Waals surface area contributed by atoms with Crippen molar-refractivity contribution in [3.8, 4) is 22.9 Å². The van der Waals surface area contributed by atoms with Gasteiger partial charge >= 0.3 is 10.2 Å². The molecule has 0 amide bonds. The number of nitrogens with zero attached hydrogens (tertiary/aromatic N) is 2. The number of pyridine rings is 1. The summed E-state index contributed by atoms with van der Waals surface area (Å²) in [7, 11) is -4.92. The summed E-state index contributed by atoms with van der Waals surface area (Å²) in [5.41, 5.74) is 3.35. The summed E-state index contributed by atoms with van der Waals surface area (Å²) < 4.78 is 45.6. The van der Waals surface area contributed by atoms with Crippen molar-refractivity contribution in [2.75, 3.05) is 13.1 Å². The molecule has 1 aliphatic heterocycles. The van der Waals surface area contributed by atoms with Crippen LogP contribution < -0.4 is 15.5 Å². The topological polar surface area (TPSA) is 117 Å². The molecule has 0 spiro atoms. The van der Waals surface area contributed by atoms with E-state index in [9.17, 15) is 22.4 Å². The van der Waals surface area contributed by atoms with Crippen LogP contribution in [0.4, 0.5) is 3.89 Å². The molecule has 3 heterocycles. The fourth-order valence-electron chi connectivity index (χ4n) is 5.70. The molecule has 0 saturated carbocycles. The largest absolute Gasteiger partial charge is 0.490 e. The van der Waals surface area contributed by atoms with Crippen LogP contribution in [-0.4, -0.2) is 37.2 Å². The maximum Gasteiger partial charge on any atom is 0.332 e. The highest BCUT2D eigenvalue weighted by atomic mass is 32.3. The Kier molecular flexibility index (Phi) is 6.36. The molecule has 2 N–H and O–H groups in total. The highest BCUT2D eigenvalue weighted by Gasteiger charge is 2.25. The minimum atomic E-state index is -4.92. The van der Waals surface area contributed by atoms with Gasteiger partial charge in [0, 0.05) is 22.5 Å². The van der Waals surface area contributed by atoms with Crippen LogP contribution in [0, 0.1) is 11.3 Å². The number of aromatic nitrogens is 2. The third-order valence-corrected chi connectivity index (χ3v) is 8.26. The lowest BCUT2D eigenvalue weighted by Gasteiger charge is -2.28. The van der Waals surface area contributed by atoms with Crippen LogP contribution >= 0.6 is 0 Å². The van der Waals surface area contributed by atoms with Crippen molar-refractivity contribution in [2.45, 2.75) is 43.7 Å². The number of H-pyrrole nitrogens is 1. The van der Waals surface area contributed by atoms with Gasteiger partial charge in [0.25, 0.3) is 0 Å². The van der Waals surface area contributed by atoms with Gasteiger partial charge in [-0.3, -0.25) is 4.79 Å². The quantitative estimate of drug-likeness (QED) is 0.274. The van der Waals surface area contributed by atoms with Crippen LogP contribution in [0.2, 0.25) is 0 Å². The minimum Gasteiger partial charge on any atom is -0.490 e. The molecule has 8 nitrogen and oxygen atoms in total. The average Bonchev–Trinajstić information content (AvgIpc) is 3.31. The number of benzene rings is 3. The van der Waals surface area contributed by atoms with Gasteiger partial charge in [0.2, 0.25) is 0 Å². The van der Waals surface area contributed by atoms with Crippen LogP contribution in [0.5, 0.6) is 5.75 Å². The summed E-state index contributed by atoms with van der Waals surface area (Å²) in [5.74, 6) is 0.399. The van der Waals surface area contributed by atoms with E-state index in [4.69, 9.17) is 4.74 Å². The van der Waals surface area contributed by atoms with Crippen molar-refractivity contribution in [3.63, 3.8) is 0 Å². The standard InChI is InChI=1S/C30H27FN4O4S/c1-17(2)39-27-15-24-26(14-23(27)19-4-3-5-21(13-19)40(31,37)38)35(20-8-10-33-11-9-20)30-28(29(24)36)22-7-6-18(16-32)12-25(22)34-30/h3-7,12-15,17,20,33-34H,8-11H2,1-2H3. The van der Waals surface area contributed by atoms with E-state index >= 15 is 0 Å². The predicted molar refractivity (Wildman–Crippen MR) is 153 cm³/mol. The first-order valence-corrected chi connectivity index (χ1v) is 14.5. The molecular formula is C30H27FN4O4S. The Morgan fingerprint density at radius 1 is 1.07 bits per heavy atom. The average molecular weight is 559 g/mol. The summed E-state index contributed by atoms with van der Waals surface area (Å²) in [4.78, 5) is 17.1. The summed E-state index contributed by atoms with van der Waals surface area (Å²) >= 11 is 0. The van der Waals surface area contributed by atoms with Crippen molar-refractivity contribution in [1.82, 2.24) is 14.9 Å². The second kappa shape index (κ2) is 9.77. The molecule has 2 aromatic heterocycles. The zero-order valence-electron chi connectivity index (χ0n) is 22.0. The molecule has 1 aliphatic rings. The van der Waals surface area contributed by atoms with Gasteiger partial charge in [-0.1, -0.05) is 18.2 Å². The highest BCUT2D eigenvalue weighted by Crippen LogP contribution is 2.39. The third kappa shape index (κ3) is 4.41. The molecule has 0 unspecified atom stereocenters. The van der Waals surface area contributed by atoms with Gasteiger partial charge in [-0.15, -0.1) is 3.89 Å². The number of fused-ring (bicyclic) bond motifs is 4. The molecule has 0 bridgehead atoms. The molecule has 10 heteroatoms. The van der Waals surface area contributed by atoms with E-state index in [1.54, 1.807) is 30.3 Å². The predicted octanol–water partition coefficient (Wildman–Crippen LogP) is 5.54. The Balaban J connectivity index is 1.75. The zero-order valence-corrected chi connectivity index (χ0v) is 22.8. The lowest BCUT2D eigenvalue weighted by atomic mass is 9.99. The number of nitriles is 1. The Bertz CT molecular complexity index is 2020. The maximum atomic E-state index is 14.1. The van der Waals surface area contributed by atoms with Gasteiger partial charge in [-0.25, -0.2) is 0 Å². The van der Waals surface area contributed by atoms with Gasteiger partial charge in [0.1, 0.15) is 11.4 Å². The van der Waals surface area contributed by atoms with E-state index in [0.29, 0.717) is 49.9 Å². The number of hydrogen-bond acceptors (Lipinski definition) is 6. The summed E-state index contributed by atoms with van der Waals surface area (Å²) in [5, 5.41) is 14.6. The van der Waals surface area contributed by atoms with E-state index < -0.39 is 15.1 Å². The number of nitrogens with one attached hydrogen (secondary N) is 2. The fourth-order valence-corrected chi connectivity index (χ4v) is 6.21. The number of halogens is 1. The zero-order chi connectivity index (χ0) is 28.2. The van der Waals surface area contributed by atoms with Crippen molar-refractivity contribution in [3.05, 3.63) is 70.4 Å². The lowest BCUT2D eigenvalue weighted by molar-refractivity contribution is 0.244. The number of hydrogen-bond donors (Lipinski definition) is 2.